The molecule has 3 aromatic rings. The van der Waals surface area contributed by atoms with Gasteiger partial charge >= 0.3 is 11.8 Å². The normalized spacial score (nSPS) is 13.7. The summed E-state index contributed by atoms with van der Waals surface area (Å²) in [5.74, 6) is 0.320. The maximum atomic E-state index is 12.5. The largest absolute Gasteiger partial charge is 0.490 e. The highest BCUT2D eigenvalue weighted by molar-refractivity contribution is 6.32. The standard InChI is InChI=1S/C23H23ClN6O5/c24-17-13-16(21-28-29-22(35-21)23(32)30-8-11-33-12-9-30)3-4-18(17)34-10-7-26-20(31)6-2-15-1-5-19(25)27-14-15/h1-6,13-14H,7-12H2,(H2,25,27)(H,26,31)/b6-2+. The highest BCUT2D eigenvalue weighted by Gasteiger charge is 2.24. The molecule has 0 unspecified atom stereocenters. The van der Waals surface area contributed by atoms with Crippen molar-refractivity contribution >= 4 is 35.3 Å². The fourth-order valence-corrected chi connectivity index (χ4v) is 3.40. The molecule has 0 saturated carbocycles. The number of ether oxygens (including phenoxy) is 2. The summed E-state index contributed by atoms with van der Waals surface area (Å²) in [7, 11) is 0. The monoisotopic (exact) mass is 498 g/mol. The van der Waals surface area contributed by atoms with Crippen LogP contribution in [-0.2, 0) is 9.53 Å². The minimum Gasteiger partial charge on any atom is -0.490 e. The topological polar surface area (TPSA) is 146 Å². The van der Waals surface area contributed by atoms with Gasteiger partial charge in [-0.05, 0) is 42.0 Å². The molecule has 1 aromatic carbocycles. The SMILES string of the molecule is Nc1ccc(/C=C/C(=O)NCCOc2ccc(-c3nnc(C(=O)N4CCOCC4)o3)cc2Cl)cn1. The third-order valence-corrected chi connectivity index (χ3v) is 5.28. The molecule has 2 aromatic heterocycles. The minimum atomic E-state index is -0.333. The lowest BCUT2D eigenvalue weighted by molar-refractivity contribution is -0.116. The fourth-order valence-electron chi connectivity index (χ4n) is 3.16. The second-order valence-electron chi connectivity index (χ2n) is 7.45. The average Bonchev–Trinajstić information content (AvgIpc) is 3.37. The van der Waals surface area contributed by atoms with Gasteiger partial charge in [0.1, 0.15) is 18.2 Å². The lowest BCUT2D eigenvalue weighted by Crippen LogP contribution is -2.40. The highest BCUT2D eigenvalue weighted by atomic mass is 35.5. The van der Waals surface area contributed by atoms with Gasteiger partial charge in [-0.3, -0.25) is 9.59 Å². The van der Waals surface area contributed by atoms with E-state index in [0.717, 1.165) is 5.56 Å². The number of anilines is 1. The molecule has 1 aliphatic rings. The Balaban J connectivity index is 1.26. The molecule has 182 valence electrons. The van der Waals surface area contributed by atoms with E-state index in [-0.39, 0.29) is 36.7 Å². The van der Waals surface area contributed by atoms with E-state index in [4.69, 9.17) is 31.2 Å². The number of amides is 2. The van der Waals surface area contributed by atoms with Crippen LogP contribution in [0.3, 0.4) is 0 Å². The number of nitrogens with one attached hydrogen (secondary N) is 1. The van der Waals surface area contributed by atoms with E-state index in [0.29, 0.717) is 48.5 Å². The second kappa shape index (κ2) is 11.4. The molecule has 3 heterocycles. The summed E-state index contributed by atoms with van der Waals surface area (Å²) in [6.07, 6.45) is 4.61. The first kappa shape index (κ1) is 24.2. The number of carbonyl (C=O) groups excluding carboxylic acids is 2. The van der Waals surface area contributed by atoms with Crippen LogP contribution in [0.15, 0.2) is 47.0 Å². The Labute approximate surface area is 205 Å². The average molecular weight is 499 g/mol. The molecular weight excluding hydrogens is 476 g/mol. The van der Waals surface area contributed by atoms with Gasteiger partial charge in [0, 0.05) is 30.9 Å². The van der Waals surface area contributed by atoms with E-state index in [1.54, 1.807) is 47.5 Å². The van der Waals surface area contributed by atoms with Crippen LogP contribution in [0.1, 0.15) is 16.2 Å². The molecule has 0 atom stereocenters. The number of aromatic nitrogens is 3. The Morgan fingerprint density at radius 3 is 2.77 bits per heavy atom. The number of nitrogens with zero attached hydrogens (tertiary/aromatic N) is 4. The summed E-state index contributed by atoms with van der Waals surface area (Å²) in [4.78, 5) is 30.0. The number of nitrogens with two attached hydrogens (primary N) is 1. The van der Waals surface area contributed by atoms with Crippen molar-refractivity contribution in [3.05, 3.63) is 59.1 Å². The number of pyridine rings is 1. The van der Waals surface area contributed by atoms with E-state index in [1.807, 2.05) is 0 Å². The van der Waals surface area contributed by atoms with Crippen molar-refractivity contribution in [2.45, 2.75) is 0 Å². The molecule has 0 radical (unpaired) electrons. The number of nitrogen functional groups attached to an aromatic ring is 1. The van der Waals surface area contributed by atoms with Gasteiger partial charge in [0.2, 0.25) is 11.8 Å². The quantitative estimate of drug-likeness (QED) is 0.352. The van der Waals surface area contributed by atoms with Crippen LogP contribution in [-0.4, -0.2) is 71.4 Å². The van der Waals surface area contributed by atoms with Crippen LogP contribution in [0.2, 0.25) is 5.02 Å². The summed E-state index contributed by atoms with van der Waals surface area (Å²) in [5, 5.41) is 10.8. The van der Waals surface area contributed by atoms with E-state index in [2.05, 4.69) is 20.5 Å². The van der Waals surface area contributed by atoms with Crippen molar-refractivity contribution in [3.8, 4) is 17.2 Å². The van der Waals surface area contributed by atoms with Gasteiger partial charge in [-0.15, -0.1) is 10.2 Å². The van der Waals surface area contributed by atoms with E-state index in [1.165, 1.54) is 6.08 Å². The maximum Gasteiger partial charge on any atom is 0.311 e. The molecule has 1 saturated heterocycles. The van der Waals surface area contributed by atoms with E-state index >= 15 is 0 Å². The number of morpholine rings is 1. The number of benzene rings is 1. The zero-order valence-electron chi connectivity index (χ0n) is 18.6. The minimum absolute atomic E-state index is 0.0872. The smallest absolute Gasteiger partial charge is 0.311 e. The Morgan fingerprint density at radius 2 is 2.03 bits per heavy atom. The molecule has 2 amide bonds. The number of rotatable bonds is 8. The van der Waals surface area contributed by atoms with Gasteiger partial charge in [0.05, 0.1) is 24.8 Å². The van der Waals surface area contributed by atoms with Gasteiger partial charge in [-0.25, -0.2) is 4.98 Å². The number of hydrogen-bond donors (Lipinski definition) is 2. The van der Waals surface area contributed by atoms with E-state index < -0.39 is 0 Å². The molecule has 4 rings (SSSR count). The maximum absolute atomic E-state index is 12.5. The molecule has 1 aliphatic heterocycles. The third kappa shape index (κ3) is 6.55. The molecule has 3 N–H and O–H groups in total. The predicted octanol–water partition coefficient (Wildman–Crippen LogP) is 2.05. The first-order chi connectivity index (χ1) is 17.0. The molecule has 11 nitrogen and oxygen atoms in total. The van der Waals surface area contributed by atoms with Crippen LogP contribution in [0.5, 0.6) is 5.75 Å². The molecule has 12 heteroatoms. The molecule has 0 spiro atoms. The van der Waals surface area contributed by atoms with Crippen LogP contribution >= 0.6 is 11.6 Å². The Bertz CT molecular complexity index is 1210. The van der Waals surface area contributed by atoms with Gasteiger partial charge in [0.25, 0.3) is 0 Å². The van der Waals surface area contributed by atoms with Crippen molar-refractivity contribution < 1.29 is 23.5 Å². The molecular formula is C23H23ClN6O5. The van der Waals surface area contributed by atoms with Gasteiger partial charge in [-0.2, -0.15) is 0 Å². The molecule has 0 bridgehead atoms. The molecule has 35 heavy (non-hydrogen) atoms. The summed E-state index contributed by atoms with van der Waals surface area (Å²) >= 11 is 6.32. The zero-order chi connectivity index (χ0) is 24.6. The van der Waals surface area contributed by atoms with Crippen LogP contribution < -0.4 is 15.8 Å². The van der Waals surface area contributed by atoms with Crippen molar-refractivity contribution in [1.29, 1.82) is 0 Å². The summed E-state index contributed by atoms with van der Waals surface area (Å²) in [6, 6.07) is 8.37. The van der Waals surface area contributed by atoms with Gasteiger partial charge in [-0.1, -0.05) is 11.6 Å². The summed E-state index contributed by atoms with van der Waals surface area (Å²) in [5.41, 5.74) is 6.84. The van der Waals surface area contributed by atoms with Crippen molar-refractivity contribution in [3.63, 3.8) is 0 Å². The second-order valence-corrected chi connectivity index (χ2v) is 7.86. The third-order valence-electron chi connectivity index (χ3n) is 4.98. The highest BCUT2D eigenvalue weighted by Crippen LogP contribution is 2.30. The molecule has 1 fully saturated rings. The van der Waals surface area contributed by atoms with Crippen LogP contribution in [0, 0.1) is 0 Å². The van der Waals surface area contributed by atoms with Gasteiger partial charge in [0.15, 0.2) is 0 Å². The number of hydrogen-bond acceptors (Lipinski definition) is 9. The van der Waals surface area contributed by atoms with Crippen LogP contribution in [0.25, 0.3) is 17.5 Å². The van der Waals surface area contributed by atoms with Crippen LogP contribution in [0.4, 0.5) is 5.82 Å². The number of carbonyl (C=O) groups is 2. The Morgan fingerprint density at radius 1 is 1.20 bits per heavy atom. The summed E-state index contributed by atoms with van der Waals surface area (Å²) < 4.78 is 16.4. The van der Waals surface area contributed by atoms with E-state index in [9.17, 15) is 9.59 Å². The van der Waals surface area contributed by atoms with Crippen molar-refractivity contribution in [2.24, 2.45) is 0 Å². The summed E-state index contributed by atoms with van der Waals surface area (Å²) in [6.45, 7) is 2.40. The zero-order valence-corrected chi connectivity index (χ0v) is 19.4. The number of halogens is 1. The fraction of sp³-hybridized carbons (Fsp3) is 0.261. The van der Waals surface area contributed by atoms with Crippen molar-refractivity contribution in [1.82, 2.24) is 25.4 Å². The lowest BCUT2D eigenvalue weighted by atomic mass is 10.2. The first-order valence-electron chi connectivity index (χ1n) is 10.8. The van der Waals surface area contributed by atoms with Crippen molar-refractivity contribution in [2.75, 3.05) is 45.2 Å². The lowest BCUT2D eigenvalue weighted by Gasteiger charge is -2.25. The Kier molecular flexibility index (Phi) is 7.91. The predicted molar refractivity (Wildman–Crippen MR) is 128 cm³/mol. The van der Waals surface area contributed by atoms with Gasteiger partial charge < -0.3 is 29.8 Å². The Hall–Kier alpha value is -3.96. The first-order valence-corrected chi connectivity index (χ1v) is 11.2. The molecule has 0 aliphatic carbocycles.